The molecular formula is C22H29N5O2. The Labute approximate surface area is 170 Å². The average molecular weight is 396 g/mol. The maximum absolute atomic E-state index is 10.8. The largest absolute Gasteiger partial charge is 0.398 e. The topological polar surface area (TPSA) is 123 Å². The van der Waals surface area contributed by atoms with Gasteiger partial charge in [-0.25, -0.2) is 9.97 Å². The summed E-state index contributed by atoms with van der Waals surface area (Å²) >= 11 is 0. The van der Waals surface area contributed by atoms with Crippen LogP contribution in [0.2, 0.25) is 0 Å². The van der Waals surface area contributed by atoms with Crippen LogP contribution in [-0.2, 0) is 6.42 Å². The molecule has 29 heavy (non-hydrogen) atoms. The number of hydrogen-bond donors (Lipinski definition) is 4. The molecule has 0 amide bonds. The second-order valence-electron chi connectivity index (χ2n) is 8.48. The summed E-state index contributed by atoms with van der Waals surface area (Å²) in [7, 11) is 0. The maximum Gasteiger partial charge on any atom is 0.142 e. The van der Waals surface area contributed by atoms with E-state index in [1.54, 1.807) is 18.3 Å². The maximum atomic E-state index is 10.8. The molecule has 0 saturated heterocycles. The molecule has 3 heterocycles. The van der Waals surface area contributed by atoms with E-state index in [2.05, 4.69) is 16.9 Å². The first kappa shape index (κ1) is 19.7. The lowest BCUT2D eigenvalue weighted by atomic mass is 9.80. The van der Waals surface area contributed by atoms with Crippen LogP contribution in [0.15, 0.2) is 42.7 Å². The van der Waals surface area contributed by atoms with Crippen LogP contribution in [0.25, 0.3) is 11.0 Å². The van der Waals surface area contributed by atoms with Crippen molar-refractivity contribution in [2.24, 2.45) is 5.41 Å². The van der Waals surface area contributed by atoms with Gasteiger partial charge in [-0.2, -0.15) is 0 Å². The summed E-state index contributed by atoms with van der Waals surface area (Å²) in [6.07, 6.45) is 6.25. The van der Waals surface area contributed by atoms with Crippen LogP contribution in [0.4, 0.5) is 11.5 Å². The number of nitrogen functional groups attached to an aromatic ring is 2. The van der Waals surface area contributed by atoms with Gasteiger partial charge in [-0.3, -0.25) is 0 Å². The van der Waals surface area contributed by atoms with Gasteiger partial charge >= 0.3 is 0 Å². The van der Waals surface area contributed by atoms with Gasteiger partial charge in [0, 0.05) is 29.2 Å². The summed E-state index contributed by atoms with van der Waals surface area (Å²) in [6.45, 7) is 2.06. The number of aromatic nitrogens is 3. The Bertz CT molecular complexity index is 1000. The number of nitrogens with two attached hydrogens (primary N) is 2. The number of unbranched alkanes of at least 4 members (excludes halogenated alkanes) is 1. The highest BCUT2D eigenvalue weighted by atomic mass is 16.3. The molecule has 6 N–H and O–H groups in total. The Morgan fingerprint density at radius 1 is 1.17 bits per heavy atom. The molecule has 0 aromatic carbocycles. The van der Waals surface area contributed by atoms with Crippen LogP contribution in [0.5, 0.6) is 0 Å². The van der Waals surface area contributed by atoms with Gasteiger partial charge in [0.25, 0.3) is 0 Å². The van der Waals surface area contributed by atoms with Gasteiger partial charge in [0.2, 0.25) is 0 Å². The van der Waals surface area contributed by atoms with Crippen LogP contribution in [0.1, 0.15) is 44.3 Å². The van der Waals surface area contributed by atoms with E-state index in [0.29, 0.717) is 17.9 Å². The molecule has 3 aromatic heterocycles. The molecule has 4 rings (SSSR count). The fourth-order valence-electron chi connectivity index (χ4n) is 4.67. The number of nitrogens with zero attached hydrogens (tertiary/aromatic N) is 3. The number of rotatable bonds is 6. The van der Waals surface area contributed by atoms with E-state index in [-0.39, 0.29) is 11.5 Å². The number of aliphatic hydroxyl groups excluding tert-OH is 2. The predicted molar refractivity (Wildman–Crippen MR) is 114 cm³/mol. The Hall–Kier alpha value is -2.64. The van der Waals surface area contributed by atoms with Crippen LogP contribution < -0.4 is 11.5 Å². The number of pyridine rings is 2. The van der Waals surface area contributed by atoms with E-state index in [4.69, 9.17) is 11.5 Å². The van der Waals surface area contributed by atoms with Crippen molar-refractivity contribution >= 4 is 22.5 Å². The van der Waals surface area contributed by atoms with Crippen LogP contribution >= 0.6 is 0 Å². The summed E-state index contributed by atoms with van der Waals surface area (Å²) in [4.78, 5) is 8.78. The minimum absolute atomic E-state index is 0.225. The molecule has 154 valence electrons. The van der Waals surface area contributed by atoms with Gasteiger partial charge in [0.05, 0.1) is 12.1 Å². The molecule has 4 atom stereocenters. The fraction of sp³-hybridized carbons (Fsp3) is 0.455. The first-order chi connectivity index (χ1) is 13.9. The van der Waals surface area contributed by atoms with Crippen LogP contribution in [-0.4, -0.2) is 37.0 Å². The monoisotopic (exact) mass is 395 g/mol. The van der Waals surface area contributed by atoms with E-state index in [1.165, 1.54) is 0 Å². The molecule has 1 fully saturated rings. The summed E-state index contributed by atoms with van der Waals surface area (Å²) in [5.74, 6) is 0.542. The molecular weight excluding hydrogens is 366 g/mol. The molecule has 7 heteroatoms. The van der Waals surface area contributed by atoms with Gasteiger partial charge in [-0.15, -0.1) is 0 Å². The normalized spacial score (nSPS) is 26.9. The molecule has 1 aliphatic rings. The van der Waals surface area contributed by atoms with Crippen LogP contribution in [0, 0.1) is 5.41 Å². The van der Waals surface area contributed by atoms with Crippen molar-refractivity contribution in [3.8, 4) is 0 Å². The van der Waals surface area contributed by atoms with Gasteiger partial charge in [-0.1, -0.05) is 19.4 Å². The Morgan fingerprint density at radius 2 is 2.00 bits per heavy atom. The first-order valence-corrected chi connectivity index (χ1v) is 10.2. The second kappa shape index (κ2) is 7.65. The quantitative estimate of drug-likeness (QED) is 0.476. The zero-order valence-corrected chi connectivity index (χ0v) is 16.7. The van der Waals surface area contributed by atoms with Gasteiger partial charge in [0.15, 0.2) is 0 Å². The predicted octanol–water partition coefficient (Wildman–Crippen LogP) is 2.68. The molecule has 1 aliphatic carbocycles. The SMILES string of the molecule is C[C@]1(CCCCc2cccc(N)n2)C[C@@H](n2ccc3c(N)ccnc32)[C@H](O)[C@@H]1O. The van der Waals surface area contributed by atoms with Gasteiger partial charge in [-0.05, 0) is 55.4 Å². The number of aryl methyl sites for hydroxylation is 1. The highest BCUT2D eigenvalue weighted by molar-refractivity contribution is 5.88. The zero-order chi connectivity index (χ0) is 20.6. The smallest absolute Gasteiger partial charge is 0.142 e. The third-order valence-electron chi connectivity index (χ3n) is 6.37. The second-order valence-corrected chi connectivity index (χ2v) is 8.48. The molecule has 0 spiro atoms. The van der Waals surface area contributed by atoms with Crippen molar-refractivity contribution in [2.45, 2.75) is 57.3 Å². The molecule has 0 unspecified atom stereocenters. The summed E-state index contributed by atoms with van der Waals surface area (Å²) in [5.41, 5.74) is 13.8. The number of aliphatic hydroxyl groups is 2. The van der Waals surface area contributed by atoms with Crippen LogP contribution in [0.3, 0.4) is 0 Å². The van der Waals surface area contributed by atoms with E-state index in [0.717, 1.165) is 42.4 Å². The Kier molecular flexibility index (Phi) is 5.19. The average Bonchev–Trinajstić information content (AvgIpc) is 3.22. The molecule has 0 aliphatic heterocycles. The highest BCUT2D eigenvalue weighted by Crippen LogP contribution is 2.48. The minimum Gasteiger partial charge on any atom is -0.398 e. The van der Waals surface area contributed by atoms with Crippen molar-refractivity contribution in [1.82, 2.24) is 14.5 Å². The molecule has 3 aromatic rings. The van der Waals surface area contributed by atoms with Gasteiger partial charge < -0.3 is 26.2 Å². The lowest BCUT2D eigenvalue weighted by Gasteiger charge is -2.28. The Balaban J connectivity index is 1.43. The lowest BCUT2D eigenvalue weighted by molar-refractivity contribution is -0.0250. The third kappa shape index (κ3) is 3.68. The van der Waals surface area contributed by atoms with E-state index in [1.807, 2.05) is 29.0 Å². The summed E-state index contributed by atoms with van der Waals surface area (Å²) in [6, 6.07) is 9.16. The Morgan fingerprint density at radius 3 is 2.79 bits per heavy atom. The van der Waals surface area contributed by atoms with Gasteiger partial charge in [0.1, 0.15) is 17.6 Å². The standard InChI is InChI=1S/C22H29N5O2/c1-22(10-3-2-5-14-6-4-7-18(24)26-14)13-17(19(28)20(22)29)27-12-9-15-16(23)8-11-25-21(15)27/h4,6-9,11-12,17,19-20,28-29H,2-3,5,10,13H2,1H3,(H2,23,25)(H2,24,26)/t17-,19+,20+,22+/m1/s1. The van der Waals surface area contributed by atoms with Crippen molar-refractivity contribution in [3.05, 3.63) is 48.4 Å². The molecule has 0 radical (unpaired) electrons. The van der Waals surface area contributed by atoms with E-state index < -0.39 is 12.2 Å². The minimum atomic E-state index is -0.839. The number of anilines is 2. The number of fused-ring (bicyclic) bond motifs is 1. The first-order valence-electron chi connectivity index (χ1n) is 10.2. The lowest BCUT2D eigenvalue weighted by Crippen LogP contribution is -2.34. The van der Waals surface area contributed by atoms with Crippen molar-refractivity contribution in [3.63, 3.8) is 0 Å². The molecule has 1 saturated carbocycles. The van der Waals surface area contributed by atoms with E-state index >= 15 is 0 Å². The summed E-state index contributed by atoms with van der Waals surface area (Å²) in [5, 5.41) is 22.5. The summed E-state index contributed by atoms with van der Waals surface area (Å²) < 4.78 is 1.96. The fourth-order valence-corrected chi connectivity index (χ4v) is 4.67. The van der Waals surface area contributed by atoms with E-state index in [9.17, 15) is 10.2 Å². The third-order valence-corrected chi connectivity index (χ3v) is 6.37. The van der Waals surface area contributed by atoms with Crippen molar-refractivity contribution < 1.29 is 10.2 Å². The molecule has 7 nitrogen and oxygen atoms in total. The number of hydrogen-bond acceptors (Lipinski definition) is 6. The highest BCUT2D eigenvalue weighted by Gasteiger charge is 2.50. The van der Waals surface area contributed by atoms with Crippen molar-refractivity contribution in [2.75, 3.05) is 11.5 Å². The zero-order valence-electron chi connectivity index (χ0n) is 16.7. The molecule has 0 bridgehead atoms. The van der Waals surface area contributed by atoms with Crippen molar-refractivity contribution in [1.29, 1.82) is 0 Å².